The van der Waals surface area contributed by atoms with E-state index in [0.29, 0.717) is 31.2 Å². The molecule has 7 heteroatoms. The van der Waals surface area contributed by atoms with E-state index in [4.69, 9.17) is 4.98 Å². The molecule has 0 saturated carbocycles. The van der Waals surface area contributed by atoms with E-state index in [9.17, 15) is 4.79 Å². The third-order valence-corrected chi connectivity index (χ3v) is 6.40. The molecular formula is C21H27N5OS. The Balaban J connectivity index is 1.49. The molecule has 0 radical (unpaired) electrons. The van der Waals surface area contributed by atoms with Crippen LogP contribution in [0.1, 0.15) is 48.4 Å². The fourth-order valence-corrected chi connectivity index (χ4v) is 4.83. The molecule has 0 bridgehead atoms. The van der Waals surface area contributed by atoms with Crippen LogP contribution in [0, 0.1) is 6.92 Å². The van der Waals surface area contributed by atoms with E-state index < -0.39 is 0 Å². The number of aromatic nitrogens is 3. The number of amides is 1. The van der Waals surface area contributed by atoms with Gasteiger partial charge in [-0.25, -0.2) is 4.98 Å². The van der Waals surface area contributed by atoms with E-state index in [1.807, 2.05) is 24.8 Å². The summed E-state index contributed by atoms with van der Waals surface area (Å²) in [6, 6.07) is 8.33. The van der Waals surface area contributed by atoms with Crippen LogP contribution in [0.15, 0.2) is 24.3 Å². The van der Waals surface area contributed by atoms with Crippen LogP contribution >= 0.6 is 11.3 Å². The maximum atomic E-state index is 12.9. The minimum absolute atomic E-state index is 0.0773. The molecule has 3 aromatic rings. The predicted octanol–water partition coefficient (Wildman–Crippen LogP) is 3.91. The lowest BCUT2D eigenvalue weighted by Crippen LogP contribution is -2.49. The molecule has 28 heavy (non-hydrogen) atoms. The van der Waals surface area contributed by atoms with Crippen LogP contribution in [0.5, 0.6) is 0 Å². The topological polar surface area (TPSA) is 54.3 Å². The second kappa shape index (κ2) is 7.54. The Bertz CT molecular complexity index is 998. The standard InChI is InChI=1S/C21H27N5OS/c1-5-26-17(13-15(4)23-26)20(27)24-9-11-25(12-10-24)21-22-19-16(14(2)3)7-6-8-18(19)28-21/h6-8,13-14H,5,9-12H2,1-4H3. The van der Waals surface area contributed by atoms with Crippen LogP contribution in [-0.2, 0) is 6.54 Å². The predicted molar refractivity (Wildman–Crippen MR) is 114 cm³/mol. The molecule has 0 atom stereocenters. The van der Waals surface area contributed by atoms with Crippen molar-refractivity contribution in [3.63, 3.8) is 0 Å². The van der Waals surface area contributed by atoms with E-state index in [0.717, 1.165) is 29.4 Å². The summed E-state index contributed by atoms with van der Waals surface area (Å²) in [4.78, 5) is 22.1. The van der Waals surface area contributed by atoms with Gasteiger partial charge < -0.3 is 9.80 Å². The van der Waals surface area contributed by atoms with Crippen molar-refractivity contribution < 1.29 is 4.79 Å². The van der Waals surface area contributed by atoms with Crippen LogP contribution < -0.4 is 4.90 Å². The van der Waals surface area contributed by atoms with Gasteiger partial charge in [0.05, 0.1) is 15.9 Å². The molecule has 0 spiro atoms. The lowest BCUT2D eigenvalue weighted by atomic mass is 10.0. The second-order valence-corrected chi connectivity index (χ2v) is 8.62. The van der Waals surface area contributed by atoms with Gasteiger partial charge in [0.15, 0.2) is 5.13 Å². The first-order valence-electron chi connectivity index (χ1n) is 9.96. The molecule has 0 unspecified atom stereocenters. The van der Waals surface area contributed by atoms with Crippen molar-refractivity contribution >= 4 is 32.6 Å². The van der Waals surface area contributed by atoms with E-state index in [1.165, 1.54) is 10.3 Å². The molecule has 1 aromatic carbocycles. The molecule has 1 fully saturated rings. The zero-order chi connectivity index (χ0) is 19.8. The molecule has 1 aliphatic rings. The van der Waals surface area contributed by atoms with E-state index in [2.05, 4.69) is 42.0 Å². The second-order valence-electron chi connectivity index (χ2n) is 7.61. The fraction of sp³-hybridized carbons (Fsp3) is 0.476. The largest absolute Gasteiger partial charge is 0.345 e. The van der Waals surface area contributed by atoms with Crippen LogP contribution in [0.3, 0.4) is 0 Å². The summed E-state index contributed by atoms with van der Waals surface area (Å²) >= 11 is 1.75. The van der Waals surface area contributed by atoms with Crippen LogP contribution in [0.4, 0.5) is 5.13 Å². The summed E-state index contributed by atoms with van der Waals surface area (Å²) in [5.74, 6) is 0.536. The summed E-state index contributed by atoms with van der Waals surface area (Å²) in [6.07, 6.45) is 0. The van der Waals surface area contributed by atoms with Crippen molar-refractivity contribution in [2.75, 3.05) is 31.1 Å². The van der Waals surface area contributed by atoms with Gasteiger partial charge in [-0.15, -0.1) is 0 Å². The van der Waals surface area contributed by atoms with Gasteiger partial charge in [0, 0.05) is 32.7 Å². The first kappa shape index (κ1) is 18.9. The Morgan fingerprint density at radius 3 is 2.64 bits per heavy atom. The Morgan fingerprint density at radius 2 is 1.96 bits per heavy atom. The Hall–Kier alpha value is -2.41. The minimum atomic E-state index is 0.0773. The van der Waals surface area contributed by atoms with Gasteiger partial charge in [0.2, 0.25) is 0 Å². The fourth-order valence-electron chi connectivity index (χ4n) is 3.78. The number of aryl methyl sites for hydroxylation is 2. The number of fused-ring (bicyclic) bond motifs is 1. The number of hydrogen-bond acceptors (Lipinski definition) is 5. The highest BCUT2D eigenvalue weighted by Gasteiger charge is 2.26. The maximum absolute atomic E-state index is 12.9. The Kier molecular flexibility index (Phi) is 5.10. The number of thiazole rings is 1. The SMILES string of the molecule is CCn1nc(C)cc1C(=O)N1CCN(c2nc3c(C(C)C)cccc3s2)CC1. The lowest BCUT2D eigenvalue weighted by molar-refractivity contribution is 0.0734. The average molecular weight is 398 g/mol. The summed E-state index contributed by atoms with van der Waals surface area (Å²) in [7, 11) is 0. The normalized spacial score (nSPS) is 15.0. The van der Waals surface area contributed by atoms with Crippen molar-refractivity contribution in [2.24, 2.45) is 0 Å². The number of rotatable bonds is 4. The van der Waals surface area contributed by atoms with Crippen molar-refractivity contribution in [3.05, 3.63) is 41.2 Å². The van der Waals surface area contributed by atoms with E-state index >= 15 is 0 Å². The van der Waals surface area contributed by atoms with Gasteiger partial charge in [-0.1, -0.05) is 37.3 Å². The van der Waals surface area contributed by atoms with Gasteiger partial charge in [-0.3, -0.25) is 9.48 Å². The van der Waals surface area contributed by atoms with Gasteiger partial charge in [0.1, 0.15) is 5.69 Å². The van der Waals surface area contributed by atoms with E-state index in [-0.39, 0.29) is 5.91 Å². The van der Waals surface area contributed by atoms with E-state index in [1.54, 1.807) is 16.0 Å². The molecule has 0 N–H and O–H groups in total. The number of carbonyl (C=O) groups is 1. The van der Waals surface area contributed by atoms with Gasteiger partial charge in [0.25, 0.3) is 5.91 Å². The lowest BCUT2D eigenvalue weighted by Gasteiger charge is -2.34. The molecule has 1 saturated heterocycles. The number of carbonyl (C=O) groups excluding carboxylic acids is 1. The molecule has 6 nitrogen and oxygen atoms in total. The summed E-state index contributed by atoms with van der Waals surface area (Å²) in [5.41, 5.74) is 4.00. The van der Waals surface area contributed by atoms with Gasteiger partial charge >= 0.3 is 0 Å². The molecule has 1 amide bonds. The quantitative estimate of drug-likeness (QED) is 0.670. The van der Waals surface area contributed by atoms with Crippen molar-refractivity contribution in [2.45, 2.75) is 40.2 Å². The van der Waals surface area contributed by atoms with Crippen LogP contribution in [0.25, 0.3) is 10.2 Å². The molecule has 3 heterocycles. The monoisotopic (exact) mass is 397 g/mol. The third kappa shape index (κ3) is 3.39. The number of piperazine rings is 1. The molecule has 148 valence electrons. The van der Waals surface area contributed by atoms with Crippen molar-refractivity contribution in [3.8, 4) is 0 Å². The number of nitrogens with zero attached hydrogens (tertiary/aromatic N) is 5. The highest BCUT2D eigenvalue weighted by molar-refractivity contribution is 7.22. The van der Waals surface area contributed by atoms with Gasteiger partial charge in [-0.05, 0) is 37.5 Å². The Morgan fingerprint density at radius 1 is 1.21 bits per heavy atom. The van der Waals surface area contributed by atoms with Crippen LogP contribution in [-0.4, -0.2) is 51.8 Å². The molecule has 1 aliphatic heterocycles. The average Bonchev–Trinajstić information content (AvgIpc) is 3.30. The number of anilines is 1. The first-order valence-corrected chi connectivity index (χ1v) is 10.8. The zero-order valence-corrected chi connectivity index (χ0v) is 17.8. The summed E-state index contributed by atoms with van der Waals surface area (Å²) in [6.45, 7) is 12.1. The molecule has 2 aromatic heterocycles. The number of hydrogen-bond donors (Lipinski definition) is 0. The maximum Gasteiger partial charge on any atom is 0.272 e. The first-order chi connectivity index (χ1) is 13.5. The van der Waals surface area contributed by atoms with Crippen LogP contribution in [0.2, 0.25) is 0 Å². The zero-order valence-electron chi connectivity index (χ0n) is 17.0. The summed E-state index contributed by atoms with van der Waals surface area (Å²) < 4.78 is 3.03. The molecular weight excluding hydrogens is 370 g/mol. The summed E-state index contributed by atoms with van der Waals surface area (Å²) in [5, 5.41) is 5.46. The van der Waals surface area contributed by atoms with Gasteiger partial charge in [-0.2, -0.15) is 5.10 Å². The molecule has 0 aliphatic carbocycles. The number of benzene rings is 1. The highest BCUT2D eigenvalue weighted by Crippen LogP contribution is 2.33. The van der Waals surface area contributed by atoms with Crippen molar-refractivity contribution in [1.29, 1.82) is 0 Å². The molecule has 4 rings (SSSR count). The number of para-hydroxylation sites is 1. The highest BCUT2D eigenvalue weighted by atomic mass is 32.1. The Labute approximate surface area is 169 Å². The minimum Gasteiger partial charge on any atom is -0.345 e. The third-order valence-electron chi connectivity index (χ3n) is 5.32. The smallest absolute Gasteiger partial charge is 0.272 e. The van der Waals surface area contributed by atoms with Crippen molar-refractivity contribution in [1.82, 2.24) is 19.7 Å².